The van der Waals surface area contributed by atoms with Crippen molar-refractivity contribution in [3.8, 4) is 55.6 Å². The number of fused-ring (bicyclic) bond motifs is 4. The molecule has 0 atom stereocenters. The van der Waals surface area contributed by atoms with Gasteiger partial charge < -0.3 is 4.90 Å². The van der Waals surface area contributed by atoms with Crippen LogP contribution in [0.2, 0.25) is 0 Å². The molecule has 60 heavy (non-hydrogen) atoms. The zero-order chi connectivity index (χ0) is 39.8. The highest BCUT2D eigenvalue weighted by atomic mass is 32.1. The summed E-state index contributed by atoms with van der Waals surface area (Å²) in [6.07, 6.45) is 0. The number of anilines is 3. The van der Waals surface area contributed by atoms with E-state index < -0.39 is 0 Å². The van der Waals surface area contributed by atoms with E-state index in [-0.39, 0.29) is 0 Å². The van der Waals surface area contributed by atoms with Gasteiger partial charge in [-0.15, -0.1) is 11.3 Å². The molecule has 0 fully saturated rings. The highest BCUT2D eigenvalue weighted by molar-refractivity contribution is 7.25. The minimum atomic E-state index is 1.10. The number of hydrogen-bond donors (Lipinski definition) is 0. The first kappa shape index (κ1) is 35.6. The van der Waals surface area contributed by atoms with Crippen LogP contribution in [0.4, 0.5) is 17.1 Å². The predicted octanol–water partition coefficient (Wildman–Crippen LogP) is 17.0. The van der Waals surface area contributed by atoms with Crippen molar-refractivity contribution in [3.63, 3.8) is 0 Å². The smallest absolute Gasteiger partial charge is 0.0467 e. The molecule has 0 bridgehead atoms. The Hall–Kier alpha value is -7.52. The van der Waals surface area contributed by atoms with Gasteiger partial charge >= 0.3 is 0 Å². The minimum absolute atomic E-state index is 1.10. The number of hydrogen-bond acceptors (Lipinski definition) is 2. The third kappa shape index (κ3) is 6.83. The van der Waals surface area contributed by atoms with Crippen molar-refractivity contribution >= 4 is 59.3 Å². The summed E-state index contributed by atoms with van der Waals surface area (Å²) >= 11 is 1.87. The lowest BCUT2D eigenvalue weighted by atomic mass is 9.99. The molecule has 0 amide bonds. The number of thiophene rings is 1. The number of benzene rings is 10. The molecule has 0 aliphatic rings. The summed E-state index contributed by atoms with van der Waals surface area (Å²) in [4.78, 5) is 2.37. The molecule has 0 saturated heterocycles. The van der Waals surface area contributed by atoms with Gasteiger partial charge in [0.1, 0.15) is 0 Å². The Balaban J connectivity index is 0.950. The quantitative estimate of drug-likeness (QED) is 0.148. The van der Waals surface area contributed by atoms with Crippen LogP contribution in [0.15, 0.2) is 237 Å². The van der Waals surface area contributed by atoms with Gasteiger partial charge in [0.15, 0.2) is 0 Å². The van der Waals surface area contributed by atoms with Crippen LogP contribution < -0.4 is 4.90 Å². The molecule has 1 aromatic heterocycles. The Bertz CT molecular complexity index is 3260. The molecule has 282 valence electrons. The SMILES string of the molecule is c1ccc(-c2ccc(-c3ccc(N(c4ccc(-c5ccc6sc7cc8ccccc8cc7c6c5)cc4)c4cccc(-c5ccc(-c6ccccc6)cc5)c4)cc3)cc2)cc1. The maximum Gasteiger partial charge on any atom is 0.0467 e. The molecule has 0 aliphatic heterocycles. The summed E-state index contributed by atoms with van der Waals surface area (Å²) in [7, 11) is 0. The van der Waals surface area contributed by atoms with Crippen LogP contribution in [0.5, 0.6) is 0 Å². The summed E-state index contributed by atoms with van der Waals surface area (Å²) in [5, 5.41) is 5.20. The predicted molar refractivity (Wildman–Crippen MR) is 259 cm³/mol. The van der Waals surface area contributed by atoms with Gasteiger partial charge in [-0.25, -0.2) is 0 Å². The van der Waals surface area contributed by atoms with Gasteiger partial charge in [-0.3, -0.25) is 0 Å². The second kappa shape index (κ2) is 15.3. The van der Waals surface area contributed by atoms with Crippen molar-refractivity contribution in [1.29, 1.82) is 0 Å². The van der Waals surface area contributed by atoms with Crippen molar-refractivity contribution in [2.24, 2.45) is 0 Å². The first-order valence-electron chi connectivity index (χ1n) is 20.5. The Morgan fingerprint density at radius 3 is 1.15 bits per heavy atom. The summed E-state index contributed by atoms with van der Waals surface area (Å²) in [6, 6.07) is 86.1. The molecule has 0 spiro atoms. The highest BCUT2D eigenvalue weighted by Crippen LogP contribution is 2.41. The Labute approximate surface area is 354 Å². The topological polar surface area (TPSA) is 3.24 Å². The fraction of sp³-hybridized carbons (Fsp3) is 0. The van der Waals surface area contributed by atoms with Gasteiger partial charge in [0.2, 0.25) is 0 Å². The molecule has 10 aromatic carbocycles. The second-order valence-electron chi connectivity index (χ2n) is 15.4. The maximum absolute atomic E-state index is 2.37. The summed E-state index contributed by atoms with van der Waals surface area (Å²) in [5.74, 6) is 0. The molecule has 11 aromatic rings. The van der Waals surface area contributed by atoms with Crippen molar-refractivity contribution in [1.82, 2.24) is 0 Å². The van der Waals surface area contributed by atoms with E-state index in [0.717, 1.165) is 17.1 Å². The van der Waals surface area contributed by atoms with E-state index in [1.807, 2.05) is 11.3 Å². The van der Waals surface area contributed by atoms with E-state index in [2.05, 4.69) is 241 Å². The van der Waals surface area contributed by atoms with Crippen LogP contribution in [0, 0.1) is 0 Å². The van der Waals surface area contributed by atoms with Crippen molar-refractivity contribution < 1.29 is 0 Å². The van der Waals surface area contributed by atoms with Crippen LogP contribution in [-0.4, -0.2) is 0 Å². The standard InChI is InChI=1S/C58H39NS/c1-3-10-40(11-4-1)42-18-20-44(21-19-42)45-26-31-52(32-27-45)59(54-17-9-16-48(36-54)46-24-22-43(23-25-46)41-12-5-2-6-13-41)53-33-28-47(29-34-53)51-30-35-57-55(38-51)56-37-49-14-7-8-15-50(49)39-58(56)60-57/h1-39H. The van der Waals surface area contributed by atoms with Gasteiger partial charge in [-0.2, -0.15) is 0 Å². The summed E-state index contributed by atoms with van der Waals surface area (Å²) < 4.78 is 2.65. The van der Waals surface area contributed by atoms with Gasteiger partial charge in [0.25, 0.3) is 0 Å². The van der Waals surface area contributed by atoms with E-state index in [0.29, 0.717) is 0 Å². The normalized spacial score (nSPS) is 11.3. The first-order valence-corrected chi connectivity index (χ1v) is 21.3. The molecule has 0 N–H and O–H groups in total. The average Bonchev–Trinajstić information content (AvgIpc) is 3.68. The Morgan fingerprint density at radius 2 is 0.617 bits per heavy atom. The first-order chi connectivity index (χ1) is 29.7. The molecule has 1 heterocycles. The second-order valence-corrected chi connectivity index (χ2v) is 16.5. The van der Waals surface area contributed by atoms with Crippen molar-refractivity contribution in [2.75, 3.05) is 4.90 Å². The molecule has 0 saturated carbocycles. The van der Waals surface area contributed by atoms with E-state index >= 15 is 0 Å². The summed E-state index contributed by atoms with van der Waals surface area (Å²) in [5.41, 5.74) is 15.3. The molecule has 1 nitrogen and oxygen atoms in total. The maximum atomic E-state index is 2.37. The molecule has 0 aliphatic carbocycles. The molecule has 0 radical (unpaired) electrons. The highest BCUT2D eigenvalue weighted by Gasteiger charge is 2.16. The minimum Gasteiger partial charge on any atom is -0.310 e. The Kier molecular flexibility index (Phi) is 9.11. The van der Waals surface area contributed by atoms with Crippen LogP contribution in [0.3, 0.4) is 0 Å². The van der Waals surface area contributed by atoms with E-state index in [1.165, 1.54) is 86.6 Å². The fourth-order valence-electron chi connectivity index (χ4n) is 8.49. The van der Waals surface area contributed by atoms with Crippen LogP contribution in [0.1, 0.15) is 0 Å². The van der Waals surface area contributed by atoms with E-state index in [1.54, 1.807) is 0 Å². The van der Waals surface area contributed by atoms with Gasteiger partial charge in [-0.05, 0) is 127 Å². The van der Waals surface area contributed by atoms with Gasteiger partial charge in [0, 0.05) is 37.2 Å². The average molecular weight is 782 g/mol. The Morgan fingerprint density at radius 1 is 0.233 bits per heavy atom. The zero-order valence-electron chi connectivity index (χ0n) is 32.9. The van der Waals surface area contributed by atoms with Crippen LogP contribution >= 0.6 is 11.3 Å². The molecular formula is C58H39NS. The third-order valence-corrected chi connectivity index (χ3v) is 12.8. The molecule has 2 heteroatoms. The van der Waals surface area contributed by atoms with Crippen LogP contribution in [-0.2, 0) is 0 Å². The number of nitrogens with zero attached hydrogens (tertiary/aromatic N) is 1. The van der Waals surface area contributed by atoms with Crippen LogP contribution in [0.25, 0.3) is 86.6 Å². The van der Waals surface area contributed by atoms with E-state index in [9.17, 15) is 0 Å². The lowest BCUT2D eigenvalue weighted by Gasteiger charge is -2.26. The summed E-state index contributed by atoms with van der Waals surface area (Å²) in [6.45, 7) is 0. The van der Waals surface area contributed by atoms with Gasteiger partial charge in [0.05, 0.1) is 0 Å². The third-order valence-electron chi connectivity index (χ3n) is 11.7. The molecular weight excluding hydrogens is 743 g/mol. The molecule has 0 unspecified atom stereocenters. The molecule has 11 rings (SSSR count). The zero-order valence-corrected chi connectivity index (χ0v) is 33.7. The van der Waals surface area contributed by atoms with Crippen molar-refractivity contribution in [3.05, 3.63) is 237 Å². The number of rotatable bonds is 8. The fourth-order valence-corrected chi connectivity index (χ4v) is 9.61. The lowest BCUT2D eigenvalue weighted by Crippen LogP contribution is -2.10. The van der Waals surface area contributed by atoms with Gasteiger partial charge in [-0.1, -0.05) is 176 Å². The largest absolute Gasteiger partial charge is 0.310 e. The van der Waals surface area contributed by atoms with E-state index in [4.69, 9.17) is 0 Å². The monoisotopic (exact) mass is 781 g/mol. The lowest BCUT2D eigenvalue weighted by molar-refractivity contribution is 1.28. The van der Waals surface area contributed by atoms with Crippen molar-refractivity contribution in [2.45, 2.75) is 0 Å².